The Labute approximate surface area is 179 Å². The van der Waals surface area contributed by atoms with Gasteiger partial charge in [0.2, 0.25) is 0 Å². The second-order valence-corrected chi connectivity index (χ2v) is 9.00. The third-order valence-corrected chi connectivity index (χ3v) is 6.38. The summed E-state index contributed by atoms with van der Waals surface area (Å²) in [5, 5.41) is 7.98. The van der Waals surface area contributed by atoms with E-state index in [1.54, 1.807) is 0 Å². The van der Waals surface area contributed by atoms with Crippen LogP contribution in [0.15, 0.2) is 91.0 Å². The molecule has 0 aliphatic heterocycles. The molecular formula is C30H28. The highest BCUT2D eigenvalue weighted by atomic mass is 14.1. The van der Waals surface area contributed by atoms with Crippen LogP contribution in [0.5, 0.6) is 0 Å². The standard InChI is InChI=1S/C30H28/c1-20(2)18-21(3)22-12-14-23(15-13-22)24-16-17-29-27-10-5-4-8-25(27)26-9-6-7-11-28(26)30(29)19-24/h4-17,19-21H,18H2,1-3H3. The van der Waals surface area contributed by atoms with E-state index in [2.05, 4.69) is 112 Å². The van der Waals surface area contributed by atoms with E-state index in [9.17, 15) is 0 Å². The molecule has 0 aliphatic carbocycles. The van der Waals surface area contributed by atoms with Gasteiger partial charge in [-0.25, -0.2) is 0 Å². The molecule has 0 heteroatoms. The normalized spacial score (nSPS) is 12.8. The molecule has 0 heterocycles. The van der Waals surface area contributed by atoms with Crippen molar-refractivity contribution >= 4 is 32.3 Å². The lowest BCUT2D eigenvalue weighted by Crippen LogP contribution is -1.98. The summed E-state index contributed by atoms with van der Waals surface area (Å²) in [6.45, 7) is 6.93. The van der Waals surface area contributed by atoms with Gasteiger partial charge in [0.25, 0.3) is 0 Å². The molecule has 0 N–H and O–H groups in total. The first-order chi connectivity index (χ1) is 14.6. The molecule has 0 nitrogen and oxygen atoms in total. The minimum absolute atomic E-state index is 0.603. The maximum atomic E-state index is 2.37. The molecule has 5 rings (SSSR count). The van der Waals surface area contributed by atoms with E-state index in [1.807, 2.05) is 0 Å². The zero-order chi connectivity index (χ0) is 20.7. The van der Waals surface area contributed by atoms with Crippen LogP contribution in [0.25, 0.3) is 43.4 Å². The maximum absolute atomic E-state index is 2.37. The number of hydrogen-bond acceptors (Lipinski definition) is 0. The van der Waals surface area contributed by atoms with Crippen molar-refractivity contribution in [2.75, 3.05) is 0 Å². The summed E-state index contributed by atoms with van der Waals surface area (Å²) in [5.74, 6) is 1.33. The van der Waals surface area contributed by atoms with E-state index in [0.29, 0.717) is 5.92 Å². The van der Waals surface area contributed by atoms with Crippen LogP contribution in [-0.4, -0.2) is 0 Å². The largest absolute Gasteiger partial charge is 0.0628 e. The third kappa shape index (κ3) is 3.27. The zero-order valence-electron chi connectivity index (χ0n) is 18.0. The van der Waals surface area contributed by atoms with Crippen molar-refractivity contribution in [3.05, 3.63) is 96.6 Å². The van der Waals surface area contributed by atoms with Gasteiger partial charge in [-0.05, 0) is 73.3 Å². The minimum atomic E-state index is 0.603. The van der Waals surface area contributed by atoms with Crippen molar-refractivity contribution in [1.82, 2.24) is 0 Å². The van der Waals surface area contributed by atoms with Crippen LogP contribution in [0.2, 0.25) is 0 Å². The van der Waals surface area contributed by atoms with Crippen molar-refractivity contribution in [2.24, 2.45) is 5.92 Å². The molecule has 0 saturated heterocycles. The molecule has 148 valence electrons. The van der Waals surface area contributed by atoms with Gasteiger partial charge in [-0.1, -0.05) is 106 Å². The van der Waals surface area contributed by atoms with E-state index < -0.39 is 0 Å². The Bertz CT molecular complexity index is 1300. The molecule has 1 unspecified atom stereocenters. The zero-order valence-corrected chi connectivity index (χ0v) is 18.0. The Kier molecular flexibility index (Phi) is 4.79. The second kappa shape index (κ2) is 7.61. The molecule has 1 atom stereocenters. The number of hydrogen-bond donors (Lipinski definition) is 0. The van der Waals surface area contributed by atoms with Crippen molar-refractivity contribution in [3.63, 3.8) is 0 Å². The summed E-state index contributed by atoms with van der Waals surface area (Å²) in [7, 11) is 0. The smallest absolute Gasteiger partial charge is 0.00928 e. The lowest BCUT2D eigenvalue weighted by molar-refractivity contribution is 0.524. The summed E-state index contributed by atoms with van der Waals surface area (Å²) in [6, 6.07) is 33.7. The Morgan fingerprint density at radius 3 is 1.50 bits per heavy atom. The van der Waals surface area contributed by atoms with Gasteiger partial charge in [0.1, 0.15) is 0 Å². The molecule has 5 aromatic carbocycles. The summed E-state index contributed by atoms with van der Waals surface area (Å²) < 4.78 is 0. The van der Waals surface area contributed by atoms with Crippen LogP contribution in [0.1, 0.15) is 38.7 Å². The monoisotopic (exact) mass is 388 g/mol. The summed E-state index contributed by atoms with van der Waals surface area (Å²) in [6.07, 6.45) is 1.23. The SMILES string of the molecule is CC(C)CC(C)c1ccc(-c2ccc3c4ccccc4c4ccccc4c3c2)cc1. The average Bonchev–Trinajstić information content (AvgIpc) is 2.78. The lowest BCUT2D eigenvalue weighted by atomic mass is 9.90. The fourth-order valence-electron chi connectivity index (χ4n) is 4.93. The fraction of sp³-hybridized carbons (Fsp3) is 0.200. The Balaban J connectivity index is 1.65. The van der Waals surface area contributed by atoms with Crippen LogP contribution in [0.3, 0.4) is 0 Å². The van der Waals surface area contributed by atoms with Crippen molar-refractivity contribution in [2.45, 2.75) is 33.1 Å². The molecule has 0 spiro atoms. The van der Waals surface area contributed by atoms with E-state index in [4.69, 9.17) is 0 Å². The number of benzene rings is 5. The highest BCUT2D eigenvalue weighted by Crippen LogP contribution is 2.37. The van der Waals surface area contributed by atoms with Crippen LogP contribution in [0, 0.1) is 5.92 Å². The van der Waals surface area contributed by atoms with Gasteiger partial charge in [-0.15, -0.1) is 0 Å². The first-order valence-electron chi connectivity index (χ1n) is 11.1. The first-order valence-corrected chi connectivity index (χ1v) is 11.1. The summed E-state index contributed by atoms with van der Waals surface area (Å²) in [5.41, 5.74) is 4.00. The predicted octanol–water partition coefficient (Wildman–Crippen LogP) is 8.96. The van der Waals surface area contributed by atoms with Gasteiger partial charge >= 0.3 is 0 Å². The van der Waals surface area contributed by atoms with Gasteiger partial charge in [-0.2, -0.15) is 0 Å². The summed E-state index contributed by atoms with van der Waals surface area (Å²) in [4.78, 5) is 0. The lowest BCUT2D eigenvalue weighted by Gasteiger charge is -2.15. The van der Waals surface area contributed by atoms with Crippen LogP contribution in [0.4, 0.5) is 0 Å². The molecule has 0 aliphatic rings. The highest BCUT2D eigenvalue weighted by Gasteiger charge is 2.11. The molecule has 0 radical (unpaired) electrons. The van der Waals surface area contributed by atoms with Crippen molar-refractivity contribution in [1.29, 1.82) is 0 Å². The fourth-order valence-corrected chi connectivity index (χ4v) is 4.93. The van der Waals surface area contributed by atoms with E-state index in [-0.39, 0.29) is 0 Å². The van der Waals surface area contributed by atoms with Gasteiger partial charge in [0, 0.05) is 0 Å². The molecule has 0 fully saturated rings. The molecule has 0 saturated carbocycles. The Morgan fingerprint density at radius 1 is 0.500 bits per heavy atom. The van der Waals surface area contributed by atoms with Gasteiger partial charge in [0.15, 0.2) is 0 Å². The first kappa shape index (κ1) is 18.9. The quantitative estimate of drug-likeness (QED) is 0.269. The average molecular weight is 389 g/mol. The minimum Gasteiger partial charge on any atom is -0.0628 e. The topological polar surface area (TPSA) is 0 Å². The Morgan fingerprint density at radius 2 is 0.967 bits per heavy atom. The summed E-state index contributed by atoms with van der Waals surface area (Å²) >= 11 is 0. The van der Waals surface area contributed by atoms with Gasteiger partial charge < -0.3 is 0 Å². The molecular weight excluding hydrogens is 360 g/mol. The third-order valence-electron chi connectivity index (χ3n) is 6.38. The Hall–Kier alpha value is -3.12. The van der Waals surface area contributed by atoms with E-state index >= 15 is 0 Å². The van der Waals surface area contributed by atoms with Crippen LogP contribution >= 0.6 is 0 Å². The van der Waals surface area contributed by atoms with Crippen LogP contribution in [-0.2, 0) is 0 Å². The maximum Gasteiger partial charge on any atom is -0.00928 e. The molecule has 5 aromatic rings. The molecule has 0 amide bonds. The number of rotatable bonds is 4. The second-order valence-electron chi connectivity index (χ2n) is 9.00. The predicted molar refractivity (Wildman–Crippen MR) is 132 cm³/mol. The van der Waals surface area contributed by atoms with Gasteiger partial charge in [0.05, 0.1) is 0 Å². The van der Waals surface area contributed by atoms with E-state index in [1.165, 1.54) is 55.4 Å². The van der Waals surface area contributed by atoms with Crippen molar-refractivity contribution in [3.8, 4) is 11.1 Å². The van der Waals surface area contributed by atoms with Crippen LogP contribution < -0.4 is 0 Å². The number of fused-ring (bicyclic) bond motifs is 6. The van der Waals surface area contributed by atoms with E-state index in [0.717, 1.165) is 5.92 Å². The molecule has 30 heavy (non-hydrogen) atoms. The van der Waals surface area contributed by atoms with Gasteiger partial charge in [-0.3, -0.25) is 0 Å². The molecule has 0 bridgehead atoms. The molecule has 0 aromatic heterocycles. The van der Waals surface area contributed by atoms with Crippen molar-refractivity contribution < 1.29 is 0 Å². The highest BCUT2D eigenvalue weighted by molar-refractivity contribution is 6.25.